The van der Waals surface area contributed by atoms with Gasteiger partial charge in [-0.15, -0.1) is 5.10 Å². The Labute approximate surface area is 134 Å². The van der Waals surface area contributed by atoms with E-state index < -0.39 is 5.60 Å². The van der Waals surface area contributed by atoms with Crippen molar-refractivity contribution in [1.29, 1.82) is 0 Å². The minimum Gasteiger partial charge on any atom is -0.389 e. The van der Waals surface area contributed by atoms with E-state index in [4.69, 9.17) is 0 Å². The van der Waals surface area contributed by atoms with Crippen molar-refractivity contribution in [2.45, 2.75) is 44.1 Å². The molecular formula is C16H21N5O2. The smallest absolute Gasteiger partial charge is 0.227 e. The summed E-state index contributed by atoms with van der Waals surface area (Å²) in [5.41, 5.74) is 0.648. The molecule has 0 radical (unpaired) electrons. The topological polar surface area (TPSA) is 92.9 Å². The van der Waals surface area contributed by atoms with Gasteiger partial charge in [0.1, 0.15) is 0 Å². The number of aromatic nitrogens is 4. The lowest BCUT2D eigenvalue weighted by atomic mass is 9.82. The molecule has 122 valence electrons. The second kappa shape index (κ2) is 6.45. The molecule has 0 bridgehead atoms. The van der Waals surface area contributed by atoms with Crippen molar-refractivity contribution in [3.05, 3.63) is 24.3 Å². The zero-order valence-corrected chi connectivity index (χ0v) is 13.2. The van der Waals surface area contributed by atoms with Gasteiger partial charge in [-0.3, -0.25) is 4.79 Å². The largest absolute Gasteiger partial charge is 0.389 e. The van der Waals surface area contributed by atoms with Crippen LogP contribution in [0.5, 0.6) is 0 Å². The van der Waals surface area contributed by atoms with Gasteiger partial charge in [0.05, 0.1) is 12.0 Å². The molecule has 1 heterocycles. The average Bonchev–Trinajstić information content (AvgIpc) is 2.93. The fourth-order valence-corrected chi connectivity index (χ4v) is 3.10. The number of aryl methyl sites for hydroxylation is 1. The highest BCUT2D eigenvalue weighted by Crippen LogP contribution is 2.31. The Morgan fingerprint density at radius 1 is 1.35 bits per heavy atom. The van der Waals surface area contributed by atoms with Gasteiger partial charge in [0.25, 0.3) is 0 Å². The summed E-state index contributed by atoms with van der Waals surface area (Å²) in [6.07, 6.45) is 4.65. The van der Waals surface area contributed by atoms with Crippen molar-refractivity contribution in [1.82, 2.24) is 20.2 Å². The third-order valence-corrected chi connectivity index (χ3v) is 4.30. The number of amides is 1. The van der Waals surface area contributed by atoms with Gasteiger partial charge in [-0.1, -0.05) is 31.4 Å². The highest BCUT2D eigenvalue weighted by Gasteiger charge is 2.31. The molecule has 1 fully saturated rings. The van der Waals surface area contributed by atoms with Crippen LogP contribution in [-0.4, -0.2) is 36.8 Å². The zero-order chi connectivity index (χ0) is 16.3. The molecule has 0 aliphatic heterocycles. The second-order valence-electron chi connectivity index (χ2n) is 6.22. The van der Waals surface area contributed by atoms with E-state index >= 15 is 0 Å². The van der Waals surface area contributed by atoms with E-state index in [-0.39, 0.29) is 12.3 Å². The molecule has 2 aromatic rings. The first kappa shape index (κ1) is 15.6. The van der Waals surface area contributed by atoms with E-state index in [0.29, 0.717) is 24.4 Å². The monoisotopic (exact) mass is 315 g/mol. The Hall–Kier alpha value is -2.28. The summed E-state index contributed by atoms with van der Waals surface area (Å²) in [5, 5.41) is 24.7. The number of carbonyl (C=O) groups excluding carboxylic acids is 1. The van der Waals surface area contributed by atoms with Crippen LogP contribution in [-0.2, 0) is 11.8 Å². The Balaban J connectivity index is 1.68. The maximum Gasteiger partial charge on any atom is 0.227 e. The minimum absolute atomic E-state index is 0.142. The SMILES string of the molecule is Cn1nnnc1-c1cccc(NC(=O)CC2(O)CCCCC2)c1. The fraction of sp³-hybridized carbons (Fsp3) is 0.500. The van der Waals surface area contributed by atoms with Gasteiger partial charge in [0.15, 0.2) is 5.82 Å². The predicted molar refractivity (Wildman–Crippen MR) is 85.5 cm³/mol. The average molecular weight is 315 g/mol. The number of rotatable bonds is 4. The Morgan fingerprint density at radius 3 is 2.83 bits per heavy atom. The van der Waals surface area contributed by atoms with E-state index in [2.05, 4.69) is 20.8 Å². The van der Waals surface area contributed by atoms with Crippen LogP contribution >= 0.6 is 0 Å². The van der Waals surface area contributed by atoms with Crippen molar-refractivity contribution in [3.8, 4) is 11.4 Å². The molecule has 1 aromatic heterocycles. The molecule has 1 aliphatic carbocycles. The lowest BCUT2D eigenvalue weighted by Gasteiger charge is -2.31. The third kappa shape index (κ3) is 3.73. The predicted octanol–water partition coefficient (Wildman–Crippen LogP) is 1.90. The summed E-state index contributed by atoms with van der Waals surface area (Å²) in [4.78, 5) is 12.2. The molecule has 1 saturated carbocycles. The minimum atomic E-state index is -0.854. The first-order chi connectivity index (χ1) is 11.1. The number of nitrogens with one attached hydrogen (secondary N) is 1. The van der Waals surface area contributed by atoms with E-state index in [1.807, 2.05) is 24.3 Å². The maximum absolute atomic E-state index is 12.2. The first-order valence-corrected chi connectivity index (χ1v) is 7.91. The Bertz CT molecular complexity index is 691. The van der Waals surface area contributed by atoms with Gasteiger partial charge < -0.3 is 10.4 Å². The van der Waals surface area contributed by atoms with Gasteiger partial charge in [-0.25, -0.2) is 4.68 Å². The molecule has 7 nitrogen and oxygen atoms in total. The van der Waals surface area contributed by atoms with Crippen molar-refractivity contribution >= 4 is 11.6 Å². The number of hydrogen-bond acceptors (Lipinski definition) is 5. The molecule has 2 N–H and O–H groups in total. The van der Waals surface area contributed by atoms with Gasteiger partial charge in [-0.2, -0.15) is 0 Å². The number of tetrazole rings is 1. The van der Waals surface area contributed by atoms with Crippen LogP contribution in [0.1, 0.15) is 38.5 Å². The second-order valence-corrected chi connectivity index (χ2v) is 6.22. The number of hydrogen-bond donors (Lipinski definition) is 2. The van der Waals surface area contributed by atoms with Crippen LogP contribution in [0, 0.1) is 0 Å². The number of carbonyl (C=O) groups is 1. The number of aliphatic hydroxyl groups is 1. The van der Waals surface area contributed by atoms with Gasteiger partial charge in [0, 0.05) is 18.3 Å². The summed E-state index contributed by atoms with van der Waals surface area (Å²) < 4.78 is 1.58. The summed E-state index contributed by atoms with van der Waals surface area (Å²) in [6, 6.07) is 7.37. The van der Waals surface area contributed by atoms with Crippen LogP contribution in [0.15, 0.2) is 24.3 Å². The standard InChI is InChI=1S/C16H21N5O2/c1-21-15(18-19-20-21)12-6-5-7-13(10-12)17-14(22)11-16(23)8-3-2-4-9-16/h5-7,10,23H,2-4,8-9,11H2,1H3,(H,17,22). The molecular weight excluding hydrogens is 294 g/mol. The summed E-state index contributed by atoms with van der Waals surface area (Å²) in [6.45, 7) is 0. The summed E-state index contributed by atoms with van der Waals surface area (Å²) >= 11 is 0. The van der Waals surface area contributed by atoms with Crippen LogP contribution in [0.2, 0.25) is 0 Å². The summed E-state index contributed by atoms with van der Waals surface area (Å²) in [7, 11) is 1.76. The third-order valence-electron chi connectivity index (χ3n) is 4.30. The fourth-order valence-electron chi connectivity index (χ4n) is 3.10. The van der Waals surface area contributed by atoms with Crippen LogP contribution in [0.25, 0.3) is 11.4 Å². The number of anilines is 1. The molecule has 1 aromatic carbocycles. The molecule has 1 aliphatic rings. The lowest BCUT2D eigenvalue weighted by molar-refractivity contribution is -0.122. The Morgan fingerprint density at radius 2 is 2.13 bits per heavy atom. The molecule has 1 amide bonds. The number of benzene rings is 1. The number of nitrogens with zero attached hydrogens (tertiary/aromatic N) is 4. The molecule has 7 heteroatoms. The normalized spacial score (nSPS) is 17.0. The van der Waals surface area contributed by atoms with E-state index in [0.717, 1.165) is 24.8 Å². The van der Waals surface area contributed by atoms with Crippen LogP contribution in [0.4, 0.5) is 5.69 Å². The zero-order valence-electron chi connectivity index (χ0n) is 13.2. The highest BCUT2D eigenvalue weighted by atomic mass is 16.3. The van der Waals surface area contributed by atoms with Crippen molar-refractivity contribution in [2.75, 3.05) is 5.32 Å². The van der Waals surface area contributed by atoms with Crippen molar-refractivity contribution in [2.24, 2.45) is 7.05 Å². The van der Waals surface area contributed by atoms with Crippen molar-refractivity contribution in [3.63, 3.8) is 0 Å². The molecule has 0 atom stereocenters. The van der Waals surface area contributed by atoms with E-state index in [1.54, 1.807) is 11.7 Å². The highest BCUT2D eigenvalue weighted by molar-refractivity contribution is 5.92. The van der Waals surface area contributed by atoms with E-state index in [9.17, 15) is 9.90 Å². The van der Waals surface area contributed by atoms with Gasteiger partial charge in [-0.05, 0) is 35.4 Å². The quantitative estimate of drug-likeness (QED) is 0.899. The Kier molecular flexibility index (Phi) is 4.38. The van der Waals surface area contributed by atoms with Crippen molar-refractivity contribution < 1.29 is 9.90 Å². The van der Waals surface area contributed by atoms with E-state index in [1.165, 1.54) is 0 Å². The van der Waals surface area contributed by atoms with Crippen LogP contribution < -0.4 is 5.32 Å². The molecule has 3 rings (SSSR count). The maximum atomic E-state index is 12.2. The van der Waals surface area contributed by atoms with Gasteiger partial charge in [0.2, 0.25) is 5.91 Å². The molecule has 0 spiro atoms. The van der Waals surface area contributed by atoms with Crippen LogP contribution in [0.3, 0.4) is 0 Å². The summed E-state index contributed by atoms with van der Waals surface area (Å²) in [5.74, 6) is 0.467. The molecule has 23 heavy (non-hydrogen) atoms. The molecule has 0 saturated heterocycles. The lowest BCUT2D eigenvalue weighted by Crippen LogP contribution is -2.35. The first-order valence-electron chi connectivity index (χ1n) is 7.91. The molecule has 0 unspecified atom stereocenters. The van der Waals surface area contributed by atoms with Gasteiger partial charge >= 0.3 is 0 Å².